The van der Waals surface area contributed by atoms with Crippen molar-refractivity contribution in [1.82, 2.24) is 4.98 Å². The monoisotopic (exact) mass is 360 g/mol. The molecule has 0 saturated carbocycles. The quantitative estimate of drug-likeness (QED) is 0.706. The molecule has 27 heavy (non-hydrogen) atoms. The number of rotatable bonds is 4. The molecule has 2 aromatic carbocycles. The molecular weight excluding hydrogens is 340 g/mol. The van der Waals surface area contributed by atoms with Crippen LogP contribution in [0.3, 0.4) is 0 Å². The summed E-state index contributed by atoms with van der Waals surface area (Å²) in [4.78, 5) is 19.0. The molecule has 0 bridgehead atoms. The van der Waals surface area contributed by atoms with E-state index in [2.05, 4.69) is 11.1 Å². The van der Waals surface area contributed by atoms with Crippen LogP contribution in [0.25, 0.3) is 11.1 Å². The van der Waals surface area contributed by atoms with Gasteiger partial charge in [-0.05, 0) is 59.5 Å². The SMILES string of the molecule is COc1cc(OC)cc(C(=O)N2CCc3cc(-c4ccncc4)ccc32)c1. The zero-order chi connectivity index (χ0) is 18.8. The fraction of sp³-hybridized carbons (Fsp3) is 0.182. The maximum absolute atomic E-state index is 13.1. The highest BCUT2D eigenvalue weighted by Gasteiger charge is 2.26. The summed E-state index contributed by atoms with van der Waals surface area (Å²) in [5.74, 6) is 1.15. The number of amides is 1. The molecule has 2 heterocycles. The first-order valence-corrected chi connectivity index (χ1v) is 8.78. The van der Waals surface area contributed by atoms with Gasteiger partial charge in [-0.2, -0.15) is 0 Å². The van der Waals surface area contributed by atoms with Crippen molar-refractivity contribution in [2.45, 2.75) is 6.42 Å². The molecule has 136 valence electrons. The summed E-state index contributed by atoms with van der Waals surface area (Å²) in [6, 6.07) is 15.5. The second kappa shape index (κ2) is 7.11. The minimum atomic E-state index is -0.0531. The lowest BCUT2D eigenvalue weighted by atomic mass is 10.0. The summed E-state index contributed by atoms with van der Waals surface area (Å²) in [5.41, 5.74) is 4.94. The molecule has 3 aromatic rings. The first-order chi connectivity index (χ1) is 13.2. The van der Waals surface area contributed by atoms with Crippen molar-refractivity contribution in [2.75, 3.05) is 25.7 Å². The second-order valence-corrected chi connectivity index (χ2v) is 6.39. The molecule has 0 unspecified atom stereocenters. The number of carbonyl (C=O) groups excluding carboxylic acids is 1. The second-order valence-electron chi connectivity index (χ2n) is 6.39. The normalized spacial score (nSPS) is 12.6. The minimum Gasteiger partial charge on any atom is -0.497 e. The zero-order valence-electron chi connectivity index (χ0n) is 15.3. The fourth-order valence-corrected chi connectivity index (χ4v) is 3.42. The van der Waals surface area contributed by atoms with E-state index < -0.39 is 0 Å². The molecule has 0 aliphatic carbocycles. The van der Waals surface area contributed by atoms with Crippen LogP contribution in [0, 0.1) is 0 Å². The molecule has 0 atom stereocenters. The van der Waals surface area contributed by atoms with Gasteiger partial charge in [-0.25, -0.2) is 0 Å². The summed E-state index contributed by atoms with van der Waals surface area (Å²) in [7, 11) is 3.16. The smallest absolute Gasteiger partial charge is 0.258 e. The number of hydrogen-bond acceptors (Lipinski definition) is 4. The van der Waals surface area contributed by atoms with E-state index in [1.54, 1.807) is 44.8 Å². The van der Waals surface area contributed by atoms with Crippen LogP contribution < -0.4 is 14.4 Å². The molecule has 0 radical (unpaired) electrons. The maximum Gasteiger partial charge on any atom is 0.258 e. The number of ether oxygens (including phenoxy) is 2. The van der Waals surface area contributed by atoms with Gasteiger partial charge in [0.1, 0.15) is 11.5 Å². The number of fused-ring (bicyclic) bond motifs is 1. The predicted octanol–water partition coefficient (Wildman–Crippen LogP) is 3.97. The predicted molar refractivity (Wildman–Crippen MR) is 105 cm³/mol. The first-order valence-electron chi connectivity index (χ1n) is 8.78. The van der Waals surface area contributed by atoms with Crippen LogP contribution in [-0.2, 0) is 6.42 Å². The van der Waals surface area contributed by atoms with E-state index in [4.69, 9.17) is 9.47 Å². The Morgan fingerprint density at radius 1 is 0.926 bits per heavy atom. The van der Waals surface area contributed by atoms with Gasteiger partial charge >= 0.3 is 0 Å². The Bertz CT molecular complexity index is 964. The number of hydrogen-bond donors (Lipinski definition) is 0. The number of aromatic nitrogens is 1. The Balaban J connectivity index is 1.66. The van der Waals surface area contributed by atoms with Crippen molar-refractivity contribution in [2.24, 2.45) is 0 Å². The third-order valence-corrected chi connectivity index (χ3v) is 4.83. The summed E-state index contributed by atoms with van der Waals surface area (Å²) < 4.78 is 10.6. The van der Waals surface area contributed by atoms with Gasteiger partial charge < -0.3 is 14.4 Å². The first kappa shape index (κ1) is 17.1. The molecule has 4 rings (SSSR count). The van der Waals surface area contributed by atoms with Gasteiger partial charge in [-0.1, -0.05) is 6.07 Å². The lowest BCUT2D eigenvalue weighted by Gasteiger charge is -2.18. The average Bonchev–Trinajstić information content (AvgIpc) is 3.16. The van der Waals surface area contributed by atoms with Crippen LogP contribution in [0.15, 0.2) is 60.9 Å². The molecule has 1 aliphatic heterocycles. The molecule has 1 aliphatic rings. The van der Waals surface area contributed by atoms with Gasteiger partial charge in [0.25, 0.3) is 5.91 Å². The Hall–Kier alpha value is -3.34. The Labute approximate surface area is 158 Å². The molecule has 1 amide bonds. The summed E-state index contributed by atoms with van der Waals surface area (Å²) in [6.45, 7) is 0.660. The zero-order valence-corrected chi connectivity index (χ0v) is 15.3. The highest BCUT2D eigenvalue weighted by molar-refractivity contribution is 6.08. The molecule has 0 fully saturated rings. The lowest BCUT2D eigenvalue weighted by Crippen LogP contribution is -2.28. The number of methoxy groups -OCH3 is 2. The Morgan fingerprint density at radius 2 is 1.63 bits per heavy atom. The van der Waals surface area contributed by atoms with Crippen molar-refractivity contribution >= 4 is 11.6 Å². The highest BCUT2D eigenvalue weighted by atomic mass is 16.5. The molecule has 0 spiro atoms. The summed E-state index contributed by atoms with van der Waals surface area (Å²) in [6.07, 6.45) is 4.41. The van der Waals surface area contributed by atoms with Gasteiger partial charge in [0.15, 0.2) is 0 Å². The average molecular weight is 360 g/mol. The number of nitrogens with zero attached hydrogens (tertiary/aromatic N) is 2. The topological polar surface area (TPSA) is 51.7 Å². The number of carbonyl (C=O) groups is 1. The van der Waals surface area contributed by atoms with Crippen molar-refractivity contribution < 1.29 is 14.3 Å². The summed E-state index contributed by atoms with van der Waals surface area (Å²) in [5, 5.41) is 0. The fourth-order valence-electron chi connectivity index (χ4n) is 3.42. The van der Waals surface area contributed by atoms with E-state index >= 15 is 0 Å². The third kappa shape index (κ3) is 3.24. The summed E-state index contributed by atoms with van der Waals surface area (Å²) >= 11 is 0. The molecular formula is C22H20N2O3. The van der Waals surface area contributed by atoms with Crippen LogP contribution in [0.1, 0.15) is 15.9 Å². The van der Waals surface area contributed by atoms with Crippen molar-refractivity contribution in [3.8, 4) is 22.6 Å². The standard InChI is InChI=1S/C22H20N2O3/c1-26-19-12-18(13-20(14-19)27-2)22(25)24-10-7-17-11-16(3-4-21(17)24)15-5-8-23-9-6-15/h3-6,8-9,11-14H,7,10H2,1-2H3. The van der Waals surface area contributed by atoms with Gasteiger partial charge in [0.2, 0.25) is 0 Å². The molecule has 5 nitrogen and oxygen atoms in total. The third-order valence-electron chi connectivity index (χ3n) is 4.83. The number of anilines is 1. The van der Waals surface area contributed by atoms with Crippen molar-refractivity contribution in [1.29, 1.82) is 0 Å². The van der Waals surface area contributed by atoms with Gasteiger partial charge in [-0.3, -0.25) is 9.78 Å². The van der Waals surface area contributed by atoms with Gasteiger partial charge in [0.05, 0.1) is 14.2 Å². The lowest BCUT2D eigenvalue weighted by molar-refractivity contribution is 0.0988. The van der Waals surface area contributed by atoms with E-state index in [0.29, 0.717) is 23.6 Å². The number of benzene rings is 2. The minimum absolute atomic E-state index is 0.0531. The van der Waals surface area contributed by atoms with Crippen LogP contribution in [-0.4, -0.2) is 31.7 Å². The van der Waals surface area contributed by atoms with E-state index in [-0.39, 0.29) is 5.91 Å². The van der Waals surface area contributed by atoms with Crippen LogP contribution in [0.5, 0.6) is 11.5 Å². The Morgan fingerprint density at radius 3 is 2.30 bits per heavy atom. The van der Waals surface area contributed by atoms with E-state index in [0.717, 1.165) is 23.2 Å². The molecule has 5 heteroatoms. The molecule has 0 N–H and O–H groups in total. The van der Waals surface area contributed by atoms with Crippen molar-refractivity contribution in [3.05, 3.63) is 72.1 Å². The highest BCUT2D eigenvalue weighted by Crippen LogP contribution is 2.34. The maximum atomic E-state index is 13.1. The molecule has 1 aromatic heterocycles. The largest absolute Gasteiger partial charge is 0.497 e. The van der Waals surface area contributed by atoms with Gasteiger partial charge in [0, 0.05) is 36.3 Å². The van der Waals surface area contributed by atoms with Gasteiger partial charge in [-0.15, -0.1) is 0 Å². The molecule has 0 saturated heterocycles. The van der Waals surface area contributed by atoms with Crippen molar-refractivity contribution in [3.63, 3.8) is 0 Å². The number of pyridine rings is 1. The Kier molecular flexibility index (Phi) is 4.50. The van der Waals surface area contributed by atoms with Crippen LogP contribution in [0.4, 0.5) is 5.69 Å². The van der Waals surface area contributed by atoms with E-state index in [1.165, 1.54) is 5.56 Å². The van der Waals surface area contributed by atoms with Crippen LogP contribution in [0.2, 0.25) is 0 Å². The van der Waals surface area contributed by atoms with Crippen LogP contribution >= 0.6 is 0 Å². The van der Waals surface area contributed by atoms with E-state index in [9.17, 15) is 4.79 Å². The van der Waals surface area contributed by atoms with E-state index in [1.807, 2.05) is 29.2 Å².